The molecule has 0 aliphatic rings. The van der Waals surface area contributed by atoms with Crippen LogP contribution in [0.15, 0.2) is 18.2 Å². The number of benzene rings is 1. The van der Waals surface area contributed by atoms with Crippen LogP contribution < -0.4 is 5.32 Å². The molecule has 19 heavy (non-hydrogen) atoms. The Hall–Kier alpha value is -1.18. The third-order valence-electron chi connectivity index (χ3n) is 2.62. The summed E-state index contributed by atoms with van der Waals surface area (Å²) < 4.78 is 13.7. The molecule has 0 bridgehead atoms. The van der Waals surface area contributed by atoms with Crippen LogP contribution in [0.2, 0.25) is 0 Å². The van der Waals surface area contributed by atoms with Crippen LogP contribution in [-0.2, 0) is 4.79 Å². The molecule has 0 saturated carbocycles. The molecule has 0 spiro atoms. The molecule has 6 heteroatoms. The highest BCUT2D eigenvalue weighted by atomic mass is 127. The van der Waals surface area contributed by atoms with Gasteiger partial charge in [0, 0.05) is 3.57 Å². The number of hydrogen-bond donors (Lipinski definition) is 2. The standard InChI is InChI=1S/C13H15FINO3/c1-2-3-4-11(13(18)19)16-12(17)9-7-8(14)5-6-10(9)15/h5-7,11H,2-4H2,1H3,(H,16,17)(H,18,19)/t11-/m0/s1. The predicted molar refractivity (Wildman–Crippen MR) is 77.5 cm³/mol. The number of carboxylic acid groups (broad SMARTS) is 1. The van der Waals surface area contributed by atoms with Gasteiger partial charge in [0.25, 0.3) is 5.91 Å². The summed E-state index contributed by atoms with van der Waals surface area (Å²) in [7, 11) is 0. The molecule has 0 unspecified atom stereocenters. The maximum atomic E-state index is 13.1. The lowest BCUT2D eigenvalue weighted by Crippen LogP contribution is -2.41. The Bertz CT molecular complexity index is 479. The van der Waals surface area contributed by atoms with Gasteiger partial charge in [0.05, 0.1) is 5.56 Å². The highest BCUT2D eigenvalue weighted by Crippen LogP contribution is 2.14. The predicted octanol–water partition coefficient (Wildman–Crippen LogP) is 2.80. The molecule has 1 aromatic carbocycles. The Labute approximate surface area is 124 Å². The number of carboxylic acids is 1. The van der Waals surface area contributed by atoms with Gasteiger partial charge in [0.2, 0.25) is 0 Å². The second kappa shape index (κ2) is 7.42. The molecule has 0 radical (unpaired) electrons. The number of carbonyl (C=O) groups is 2. The number of unbranched alkanes of at least 4 members (excludes halogenated alkanes) is 1. The molecule has 1 atom stereocenters. The Morgan fingerprint density at radius 1 is 1.47 bits per heavy atom. The summed E-state index contributed by atoms with van der Waals surface area (Å²) in [5.74, 6) is -2.16. The van der Waals surface area contributed by atoms with E-state index in [0.717, 1.165) is 12.5 Å². The highest BCUT2D eigenvalue weighted by molar-refractivity contribution is 14.1. The zero-order chi connectivity index (χ0) is 14.4. The van der Waals surface area contributed by atoms with Gasteiger partial charge in [0.1, 0.15) is 11.9 Å². The average Bonchev–Trinajstić information content (AvgIpc) is 2.36. The molecule has 1 aromatic rings. The Morgan fingerprint density at radius 3 is 2.74 bits per heavy atom. The smallest absolute Gasteiger partial charge is 0.326 e. The van der Waals surface area contributed by atoms with E-state index in [1.165, 1.54) is 12.1 Å². The minimum Gasteiger partial charge on any atom is -0.480 e. The maximum absolute atomic E-state index is 13.1. The van der Waals surface area contributed by atoms with Crippen molar-refractivity contribution in [3.63, 3.8) is 0 Å². The summed E-state index contributed by atoms with van der Waals surface area (Å²) in [6, 6.07) is 2.90. The fourth-order valence-electron chi connectivity index (χ4n) is 1.57. The summed E-state index contributed by atoms with van der Waals surface area (Å²) >= 11 is 1.91. The van der Waals surface area contributed by atoms with Gasteiger partial charge < -0.3 is 10.4 Å². The zero-order valence-corrected chi connectivity index (χ0v) is 12.6. The van der Waals surface area contributed by atoms with Crippen molar-refractivity contribution in [2.24, 2.45) is 0 Å². The first-order valence-corrected chi connectivity index (χ1v) is 7.02. The van der Waals surface area contributed by atoms with Gasteiger partial charge in [-0.25, -0.2) is 9.18 Å². The topological polar surface area (TPSA) is 66.4 Å². The van der Waals surface area contributed by atoms with E-state index in [-0.39, 0.29) is 5.56 Å². The van der Waals surface area contributed by atoms with Crippen molar-refractivity contribution in [1.29, 1.82) is 0 Å². The molecule has 0 heterocycles. The molecule has 0 aliphatic carbocycles. The second-order valence-corrected chi connectivity index (χ2v) is 5.29. The highest BCUT2D eigenvalue weighted by Gasteiger charge is 2.21. The summed E-state index contributed by atoms with van der Waals surface area (Å²) in [5.41, 5.74) is 0.156. The molecular formula is C13H15FINO3. The molecular weight excluding hydrogens is 364 g/mol. The molecule has 2 N–H and O–H groups in total. The van der Waals surface area contributed by atoms with Gasteiger partial charge >= 0.3 is 5.97 Å². The lowest BCUT2D eigenvalue weighted by molar-refractivity contribution is -0.139. The van der Waals surface area contributed by atoms with Crippen LogP contribution in [0, 0.1) is 9.39 Å². The van der Waals surface area contributed by atoms with Gasteiger partial charge in [-0.15, -0.1) is 0 Å². The van der Waals surface area contributed by atoms with Crippen molar-refractivity contribution >= 4 is 34.5 Å². The Balaban J connectivity index is 2.81. The lowest BCUT2D eigenvalue weighted by Gasteiger charge is -2.14. The number of amides is 1. The molecule has 0 aromatic heterocycles. The van der Waals surface area contributed by atoms with Crippen molar-refractivity contribution < 1.29 is 19.1 Å². The Morgan fingerprint density at radius 2 is 2.16 bits per heavy atom. The van der Waals surface area contributed by atoms with Crippen LogP contribution in [0.3, 0.4) is 0 Å². The number of nitrogens with one attached hydrogen (secondary N) is 1. The fourth-order valence-corrected chi connectivity index (χ4v) is 2.15. The Kier molecular flexibility index (Phi) is 6.20. The first-order chi connectivity index (χ1) is 8.95. The summed E-state index contributed by atoms with van der Waals surface area (Å²) in [4.78, 5) is 23.0. The molecule has 104 valence electrons. The molecule has 1 amide bonds. The van der Waals surface area contributed by atoms with E-state index in [9.17, 15) is 14.0 Å². The van der Waals surface area contributed by atoms with Gasteiger partial charge in [-0.05, 0) is 47.2 Å². The van der Waals surface area contributed by atoms with E-state index in [2.05, 4.69) is 5.32 Å². The van der Waals surface area contributed by atoms with Crippen LogP contribution in [0.25, 0.3) is 0 Å². The molecule has 0 fully saturated rings. The van der Waals surface area contributed by atoms with E-state index in [1.807, 2.05) is 29.5 Å². The van der Waals surface area contributed by atoms with Crippen molar-refractivity contribution in [3.8, 4) is 0 Å². The SMILES string of the molecule is CCCC[C@H](NC(=O)c1cc(F)ccc1I)C(=O)O. The minimum atomic E-state index is -1.08. The molecule has 4 nitrogen and oxygen atoms in total. The van der Waals surface area contributed by atoms with Crippen LogP contribution in [-0.4, -0.2) is 23.0 Å². The van der Waals surface area contributed by atoms with Crippen LogP contribution in [0.5, 0.6) is 0 Å². The summed E-state index contributed by atoms with van der Waals surface area (Å²) in [6.07, 6.45) is 1.91. The van der Waals surface area contributed by atoms with Crippen LogP contribution >= 0.6 is 22.6 Å². The van der Waals surface area contributed by atoms with Crippen molar-refractivity contribution in [2.45, 2.75) is 32.2 Å². The first-order valence-electron chi connectivity index (χ1n) is 5.94. The maximum Gasteiger partial charge on any atom is 0.326 e. The van der Waals surface area contributed by atoms with E-state index in [1.54, 1.807) is 0 Å². The van der Waals surface area contributed by atoms with Gasteiger partial charge in [-0.3, -0.25) is 4.79 Å². The van der Waals surface area contributed by atoms with Gasteiger partial charge in [-0.1, -0.05) is 19.8 Å². The quantitative estimate of drug-likeness (QED) is 0.748. The second-order valence-electron chi connectivity index (χ2n) is 4.13. The van der Waals surface area contributed by atoms with E-state index in [0.29, 0.717) is 16.4 Å². The van der Waals surface area contributed by atoms with Crippen molar-refractivity contribution in [2.75, 3.05) is 0 Å². The van der Waals surface area contributed by atoms with E-state index >= 15 is 0 Å². The molecule has 0 saturated heterocycles. The van der Waals surface area contributed by atoms with Crippen molar-refractivity contribution in [3.05, 3.63) is 33.1 Å². The van der Waals surface area contributed by atoms with Gasteiger partial charge in [-0.2, -0.15) is 0 Å². The monoisotopic (exact) mass is 379 g/mol. The first kappa shape index (κ1) is 15.9. The number of aliphatic carboxylic acids is 1. The summed E-state index contributed by atoms with van der Waals surface area (Å²) in [6.45, 7) is 1.94. The van der Waals surface area contributed by atoms with E-state index < -0.39 is 23.7 Å². The van der Waals surface area contributed by atoms with Gasteiger partial charge in [0.15, 0.2) is 0 Å². The third-order valence-corrected chi connectivity index (χ3v) is 3.56. The third kappa shape index (κ3) is 4.77. The van der Waals surface area contributed by atoms with Crippen molar-refractivity contribution in [1.82, 2.24) is 5.32 Å². The van der Waals surface area contributed by atoms with Crippen LogP contribution in [0.1, 0.15) is 36.5 Å². The number of carbonyl (C=O) groups excluding carboxylic acids is 1. The molecule has 0 aliphatic heterocycles. The normalized spacial score (nSPS) is 11.9. The minimum absolute atomic E-state index is 0.156. The number of hydrogen-bond acceptors (Lipinski definition) is 2. The average molecular weight is 379 g/mol. The largest absolute Gasteiger partial charge is 0.480 e. The number of rotatable bonds is 6. The zero-order valence-electron chi connectivity index (χ0n) is 10.5. The van der Waals surface area contributed by atoms with E-state index in [4.69, 9.17) is 5.11 Å². The number of halogens is 2. The fraction of sp³-hybridized carbons (Fsp3) is 0.385. The lowest BCUT2D eigenvalue weighted by atomic mass is 10.1. The summed E-state index contributed by atoms with van der Waals surface area (Å²) in [5, 5.41) is 11.5. The van der Waals surface area contributed by atoms with Crippen LogP contribution in [0.4, 0.5) is 4.39 Å². The molecule has 1 rings (SSSR count).